The second-order valence-electron chi connectivity index (χ2n) is 7.45. The third kappa shape index (κ3) is 5.38. The van der Waals surface area contributed by atoms with Gasteiger partial charge in [0.15, 0.2) is 5.58 Å². The number of aromatic nitrogens is 1. The molecule has 0 saturated carbocycles. The third-order valence-electron chi connectivity index (χ3n) is 5.35. The molecule has 162 valence electrons. The number of likely N-dealkylation sites (tertiary alicyclic amines) is 1. The van der Waals surface area contributed by atoms with Crippen LogP contribution < -0.4 is 10.1 Å². The van der Waals surface area contributed by atoms with Gasteiger partial charge in [0.1, 0.15) is 11.3 Å². The molecular weight excluding hydrogens is 414 g/mol. The number of ether oxygens (including phenoxy) is 1. The molecule has 0 unspecified atom stereocenters. The number of methoxy groups -OCH3 is 1. The standard InChI is InChI=1S/C23H25N3O4S/c1-29-19-8-4-2-6-16(19)14-22(28)26-12-10-17(11-13-26)24-21(27)15-31-23-25-18-7-3-5-9-20(18)30-23/h2-9,17H,10-15H2,1H3,(H,24,27). The molecule has 1 aromatic heterocycles. The Morgan fingerprint density at radius 2 is 1.90 bits per heavy atom. The van der Waals surface area contributed by atoms with Gasteiger partial charge in [0.05, 0.1) is 19.3 Å². The van der Waals surface area contributed by atoms with E-state index in [-0.39, 0.29) is 23.6 Å². The zero-order chi connectivity index (χ0) is 21.6. The number of carbonyl (C=O) groups excluding carboxylic acids is 2. The lowest BCUT2D eigenvalue weighted by molar-refractivity contribution is -0.131. The van der Waals surface area contributed by atoms with Crippen LogP contribution in [0.5, 0.6) is 5.75 Å². The molecule has 2 aromatic carbocycles. The van der Waals surface area contributed by atoms with Crippen molar-refractivity contribution < 1.29 is 18.7 Å². The molecule has 3 aromatic rings. The number of thioether (sulfide) groups is 1. The number of nitrogens with one attached hydrogen (secondary N) is 1. The Kier molecular flexibility index (Phi) is 6.76. The van der Waals surface area contributed by atoms with E-state index >= 15 is 0 Å². The van der Waals surface area contributed by atoms with Gasteiger partial charge in [-0.2, -0.15) is 0 Å². The highest BCUT2D eigenvalue weighted by molar-refractivity contribution is 7.99. The van der Waals surface area contributed by atoms with Crippen LogP contribution in [0.1, 0.15) is 18.4 Å². The van der Waals surface area contributed by atoms with E-state index in [1.807, 2.05) is 53.4 Å². The summed E-state index contributed by atoms with van der Waals surface area (Å²) in [7, 11) is 1.61. The lowest BCUT2D eigenvalue weighted by Gasteiger charge is -2.32. The predicted molar refractivity (Wildman–Crippen MR) is 119 cm³/mol. The fraction of sp³-hybridized carbons (Fsp3) is 0.348. The van der Waals surface area contributed by atoms with E-state index < -0.39 is 0 Å². The molecule has 0 radical (unpaired) electrons. The van der Waals surface area contributed by atoms with E-state index in [4.69, 9.17) is 9.15 Å². The van der Waals surface area contributed by atoms with Gasteiger partial charge < -0.3 is 19.4 Å². The number of amides is 2. The number of piperidine rings is 1. The molecule has 4 rings (SSSR count). The minimum absolute atomic E-state index is 0.0499. The van der Waals surface area contributed by atoms with Crippen molar-refractivity contribution in [1.82, 2.24) is 15.2 Å². The molecule has 8 heteroatoms. The van der Waals surface area contributed by atoms with Gasteiger partial charge in [-0.3, -0.25) is 9.59 Å². The Labute approximate surface area is 185 Å². The first kappa shape index (κ1) is 21.2. The van der Waals surface area contributed by atoms with E-state index in [0.29, 0.717) is 24.7 Å². The number of oxazole rings is 1. The van der Waals surface area contributed by atoms with Crippen LogP contribution in [0.2, 0.25) is 0 Å². The summed E-state index contributed by atoms with van der Waals surface area (Å²) in [5, 5.41) is 3.56. The molecule has 0 bridgehead atoms. The number of hydrogen-bond donors (Lipinski definition) is 1. The summed E-state index contributed by atoms with van der Waals surface area (Å²) in [5.74, 6) is 1.01. The summed E-state index contributed by atoms with van der Waals surface area (Å²) in [6, 6.07) is 15.2. The third-order valence-corrected chi connectivity index (χ3v) is 6.18. The Balaban J connectivity index is 1.21. The van der Waals surface area contributed by atoms with Crippen LogP contribution in [0.3, 0.4) is 0 Å². The highest BCUT2D eigenvalue weighted by Crippen LogP contribution is 2.23. The molecule has 1 saturated heterocycles. The molecule has 2 amide bonds. The minimum atomic E-state index is -0.0499. The summed E-state index contributed by atoms with van der Waals surface area (Å²) in [6.45, 7) is 1.27. The molecule has 1 N–H and O–H groups in total. The minimum Gasteiger partial charge on any atom is -0.496 e. The fourth-order valence-electron chi connectivity index (χ4n) is 3.71. The predicted octanol–water partition coefficient (Wildman–Crippen LogP) is 3.28. The molecule has 0 atom stereocenters. The summed E-state index contributed by atoms with van der Waals surface area (Å²) in [5.41, 5.74) is 2.40. The maximum atomic E-state index is 12.7. The molecule has 7 nitrogen and oxygen atoms in total. The topological polar surface area (TPSA) is 84.7 Å². The molecule has 1 aliphatic heterocycles. The highest BCUT2D eigenvalue weighted by atomic mass is 32.2. The molecule has 1 aliphatic rings. The Morgan fingerprint density at radius 3 is 2.68 bits per heavy atom. The average Bonchev–Trinajstić information content (AvgIpc) is 3.21. The van der Waals surface area contributed by atoms with Gasteiger partial charge in [-0.05, 0) is 31.0 Å². The Bertz CT molecular complexity index is 1030. The van der Waals surface area contributed by atoms with E-state index in [0.717, 1.165) is 35.3 Å². The second-order valence-corrected chi connectivity index (χ2v) is 8.37. The molecule has 31 heavy (non-hydrogen) atoms. The first-order chi connectivity index (χ1) is 15.1. The van der Waals surface area contributed by atoms with Gasteiger partial charge in [0.2, 0.25) is 11.8 Å². The van der Waals surface area contributed by atoms with Crippen molar-refractivity contribution in [3.8, 4) is 5.75 Å². The molecule has 0 spiro atoms. The Hall–Kier alpha value is -3.00. The van der Waals surface area contributed by atoms with Crippen LogP contribution in [0.15, 0.2) is 58.2 Å². The second kappa shape index (κ2) is 9.87. The maximum Gasteiger partial charge on any atom is 0.257 e. The largest absolute Gasteiger partial charge is 0.496 e. The van der Waals surface area contributed by atoms with Gasteiger partial charge in [0, 0.05) is 24.7 Å². The van der Waals surface area contributed by atoms with Gasteiger partial charge in [-0.25, -0.2) is 4.98 Å². The van der Waals surface area contributed by atoms with Crippen molar-refractivity contribution in [3.63, 3.8) is 0 Å². The van der Waals surface area contributed by atoms with Crippen molar-refractivity contribution >= 4 is 34.7 Å². The van der Waals surface area contributed by atoms with Crippen molar-refractivity contribution in [2.75, 3.05) is 26.0 Å². The van der Waals surface area contributed by atoms with E-state index in [1.165, 1.54) is 11.8 Å². The van der Waals surface area contributed by atoms with Gasteiger partial charge in [-0.15, -0.1) is 0 Å². The number of hydrogen-bond acceptors (Lipinski definition) is 6. The van der Waals surface area contributed by atoms with Crippen molar-refractivity contribution in [3.05, 3.63) is 54.1 Å². The van der Waals surface area contributed by atoms with Gasteiger partial charge >= 0.3 is 0 Å². The van der Waals surface area contributed by atoms with Gasteiger partial charge in [-0.1, -0.05) is 42.1 Å². The summed E-state index contributed by atoms with van der Waals surface area (Å²) in [4.78, 5) is 31.2. The van der Waals surface area contributed by atoms with E-state index in [1.54, 1.807) is 7.11 Å². The van der Waals surface area contributed by atoms with Crippen molar-refractivity contribution in [1.29, 1.82) is 0 Å². The first-order valence-electron chi connectivity index (χ1n) is 10.3. The zero-order valence-corrected chi connectivity index (χ0v) is 18.2. The number of para-hydroxylation sites is 3. The van der Waals surface area contributed by atoms with Crippen LogP contribution in [-0.2, 0) is 16.0 Å². The number of rotatable bonds is 7. The summed E-state index contributed by atoms with van der Waals surface area (Å²) >= 11 is 1.29. The fourth-order valence-corrected chi connectivity index (χ4v) is 4.36. The number of carbonyl (C=O) groups is 2. The SMILES string of the molecule is COc1ccccc1CC(=O)N1CCC(NC(=O)CSc2nc3ccccc3o2)CC1. The molecule has 0 aliphatic carbocycles. The van der Waals surface area contributed by atoms with Crippen LogP contribution in [0.4, 0.5) is 0 Å². The van der Waals surface area contributed by atoms with Crippen LogP contribution in [0, 0.1) is 0 Å². The smallest absolute Gasteiger partial charge is 0.257 e. The summed E-state index contributed by atoms with van der Waals surface area (Å²) < 4.78 is 11.0. The lowest BCUT2D eigenvalue weighted by atomic mass is 10.0. The highest BCUT2D eigenvalue weighted by Gasteiger charge is 2.24. The van der Waals surface area contributed by atoms with E-state index in [9.17, 15) is 9.59 Å². The average molecular weight is 440 g/mol. The van der Waals surface area contributed by atoms with Crippen molar-refractivity contribution in [2.45, 2.75) is 30.5 Å². The van der Waals surface area contributed by atoms with Gasteiger partial charge in [0.25, 0.3) is 5.22 Å². The maximum absolute atomic E-state index is 12.7. The number of nitrogens with zero attached hydrogens (tertiary/aromatic N) is 2. The number of benzene rings is 2. The molecule has 2 heterocycles. The van der Waals surface area contributed by atoms with Crippen LogP contribution in [-0.4, -0.2) is 53.7 Å². The lowest BCUT2D eigenvalue weighted by Crippen LogP contribution is -2.47. The Morgan fingerprint density at radius 1 is 1.16 bits per heavy atom. The van der Waals surface area contributed by atoms with Crippen LogP contribution >= 0.6 is 11.8 Å². The monoisotopic (exact) mass is 439 g/mol. The molecular formula is C23H25N3O4S. The summed E-state index contributed by atoms with van der Waals surface area (Å²) in [6.07, 6.45) is 1.82. The first-order valence-corrected chi connectivity index (χ1v) is 11.3. The normalized spacial score (nSPS) is 14.5. The van der Waals surface area contributed by atoms with Crippen molar-refractivity contribution in [2.24, 2.45) is 0 Å². The number of fused-ring (bicyclic) bond motifs is 1. The molecule has 1 fully saturated rings. The van der Waals surface area contributed by atoms with Crippen LogP contribution in [0.25, 0.3) is 11.1 Å². The van der Waals surface area contributed by atoms with E-state index in [2.05, 4.69) is 10.3 Å². The zero-order valence-electron chi connectivity index (χ0n) is 17.4. The quantitative estimate of drug-likeness (QED) is 0.569.